The van der Waals surface area contributed by atoms with Crippen LogP contribution in [0.3, 0.4) is 0 Å². The van der Waals surface area contributed by atoms with Gasteiger partial charge in [-0.3, -0.25) is 0 Å². The average Bonchev–Trinajstić information content (AvgIpc) is 2.52. The molecule has 0 aromatic heterocycles. The molecule has 4 heteroatoms. The lowest BCUT2D eigenvalue weighted by atomic mass is 9.94. The molecule has 0 heterocycles. The molecule has 1 N–H and O–H groups in total. The van der Waals surface area contributed by atoms with E-state index < -0.39 is 9.84 Å². The van der Waals surface area contributed by atoms with Gasteiger partial charge >= 0.3 is 0 Å². The van der Waals surface area contributed by atoms with Crippen LogP contribution in [0.25, 0.3) is 0 Å². The Morgan fingerprint density at radius 3 is 2.04 bits per heavy atom. The van der Waals surface area contributed by atoms with Crippen molar-refractivity contribution in [1.29, 1.82) is 0 Å². The summed E-state index contributed by atoms with van der Waals surface area (Å²) in [6.45, 7) is 5.19. The molecule has 2 aromatic carbocycles. The summed E-state index contributed by atoms with van der Waals surface area (Å²) in [5.74, 6) is 0.531. The number of hydrogen-bond acceptors (Lipinski definition) is 3. The van der Waals surface area contributed by atoms with Crippen LogP contribution in [-0.2, 0) is 22.1 Å². The van der Waals surface area contributed by atoms with E-state index in [0.717, 1.165) is 17.7 Å². The summed E-state index contributed by atoms with van der Waals surface area (Å²) >= 11 is 0. The highest BCUT2D eigenvalue weighted by molar-refractivity contribution is 7.89. The molecule has 2 atom stereocenters. The monoisotopic (exact) mass is 331 g/mol. The second-order valence-corrected chi connectivity index (χ2v) is 8.40. The van der Waals surface area contributed by atoms with E-state index in [0.29, 0.717) is 12.0 Å². The van der Waals surface area contributed by atoms with Crippen LogP contribution in [-0.4, -0.2) is 20.7 Å². The van der Waals surface area contributed by atoms with E-state index in [4.69, 9.17) is 0 Å². The first-order valence-electron chi connectivity index (χ1n) is 7.89. The lowest BCUT2D eigenvalue weighted by Gasteiger charge is -2.22. The van der Waals surface area contributed by atoms with Crippen molar-refractivity contribution in [3.8, 4) is 0 Å². The molecule has 0 saturated carbocycles. The van der Waals surface area contributed by atoms with E-state index in [9.17, 15) is 8.42 Å². The Morgan fingerprint density at radius 2 is 1.48 bits per heavy atom. The van der Waals surface area contributed by atoms with Gasteiger partial charge in [0.15, 0.2) is 9.84 Å². The van der Waals surface area contributed by atoms with E-state index in [-0.39, 0.29) is 5.75 Å². The van der Waals surface area contributed by atoms with Crippen molar-refractivity contribution >= 4 is 9.84 Å². The summed E-state index contributed by atoms with van der Waals surface area (Å²) in [6.07, 6.45) is 1.26. The zero-order valence-electron chi connectivity index (χ0n) is 14.0. The van der Waals surface area contributed by atoms with Gasteiger partial charge in [0.05, 0.1) is 5.75 Å². The average molecular weight is 331 g/mol. The lowest BCUT2D eigenvalue weighted by molar-refractivity contribution is 0.480. The molecule has 0 aliphatic rings. The first kappa shape index (κ1) is 17.7. The topological polar surface area (TPSA) is 46.2 Å². The number of sulfone groups is 1. The predicted molar refractivity (Wildman–Crippen MR) is 96.1 cm³/mol. The summed E-state index contributed by atoms with van der Waals surface area (Å²) in [6, 6.07) is 18.6. The highest BCUT2D eigenvalue weighted by atomic mass is 32.2. The highest BCUT2D eigenvalue weighted by Crippen LogP contribution is 2.19. The van der Waals surface area contributed by atoms with Crippen LogP contribution in [0, 0.1) is 0 Å². The minimum absolute atomic E-state index is 0.0994. The summed E-state index contributed by atoms with van der Waals surface area (Å²) in [4.78, 5) is 0. The third kappa shape index (κ3) is 5.81. The number of hydrogen-bond donors (Lipinski definition) is 1. The quantitative estimate of drug-likeness (QED) is 0.844. The van der Waals surface area contributed by atoms with Crippen LogP contribution >= 0.6 is 0 Å². The highest BCUT2D eigenvalue weighted by Gasteiger charge is 2.13. The molecule has 0 amide bonds. The van der Waals surface area contributed by atoms with Crippen molar-refractivity contribution in [3.63, 3.8) is 0 Å². The molecule has 2 aromatic rings. The standard InChI is InChI=1S/C19H25NO2S/c1-15(19-7-5-4-6-8-19)16(2)20-13-17-9-11-18(12-10-17)14-23(3,21)22/h4-12,15-16,20H,13-14H2,1-3H3/t15-,16+/m1/s1. The largest absolute Gasteiger partial charge is 0.310 e. The molecule has 0 spiro atoms. The van der Waals surface area contributed by atoms with Gasteiger partial charge in [0, 0.05) is 18.8 Å². The Kier molecular flexibility index (Phi) is 5.97. The smallest absolute Gasteiger partial charge is 0.151 e. The molecule has 124 valence electrons. The summed E-state index contributed by atoms with van der Waals surface area (Å²) in [7, 11) is -2.97. The van der Waals surface area contributed by atoms with Gasteiger partial charge in [-0.05, 0) is 29.5 Å². The Hall–Kier alpha value is -1.65. The molecule has 0 saturated heterocycles. The Balaban J connectivity index is 1.90. The minimum Gasteiger partial charge on any atom is -0.310 e. The third-order valence-corrected chi connectivity index (χ3v) is 5.01. The van der Waals surface area contributed by atoms with Gasteiger partial charge in [-0.2, -0.15) is 0 Å². The maximum atomic E-state index is 11.3. The van der Waals surface area contributed by atoms with Crippen LogP contribution in [0.2, 0.25) is 0 Å². The Bertz CT molecular complexity index is 709. The van der Waals surface area contributed by atoms with Crippen molar-refractivity contribution in [1.82, 2.24) is 5.32 Å². The predicted octanol–water partition coefficient (Wildman–Crippen LogP) is 3.51. The normalized spacial score (nSPS) is 14.4. The van der Waals surface area contributed by atoms with Crippen molar-refractivity contribution in [2.24, 2.45) is 0 Å². The molecule has 0 radical (unpaired) electrons. The van der Waals surface area contributed by atoms with Gasteiger partial charge in [-0.1, -0.05) is 61.5 Å². The van der Waals surface area contributed by atoms with Crippen LogP contribution in [0.1, 0.15) is 36.5 Å². The fraction of sp³-hybridized carbons (Fsp3) is 0.368. The van der Waals surface area contributed by atoms with Crippen LogP contribution in [0.5, 0.6) is 0 Å². The molecule has 3 nitrogen and oxygen atoms in total. The molecular weight excluding hydrogens is 306 g/mol. The second kappa shape index (κ2) is 7.75. The van der Waals surface area contributed by atoms with Gasteiger partial charge < -0.3 is 5.32 Å². The van der Waals surface area contributed by atoms with Gasteiger partial charge in [0.25, 0.3) is 0 Å². The van der Waals surface area contributed by atoms with E-state index in [1.54, 1.807) is 0 Å². The number of nitrogens with one attached hydrogen (secondary N) is 1. The zero-order chi connectivity index (χ0) is 16.9. The molecule has 2 rings (SSSR count). The molecular formula is C19H25NO2S. The van der Waals surface area contributed by atoms with E-state index >= 15 is 0 Å². The second-order valence-electron chi connectivity index (χ2n) is 6.26. The first-order chi connectivity index (χ1) is 10.8. The minimum atomic E-state index is -2.97. The molecule has 0 aliphatic heterocycles. The third-order valence-electron chi connectivity index (χ3n) is 4.16. The lowest BCUT2D eigenvalue weighted by Crippen LogP contribution is -2.30. The Labute approximate surface area is 139 Å². The van der Waals surface area contributed by atoms with Gasteiger partial charge in [0.1, 0.15) is 0 Å². The van der Waals surface area contributed by atoms with Gasteiger partial charge in [0.2, 0.25) is 0 Å². The Morgan fingerprint density at radius 1 is 0.913 bits per heavy atom. The number of benzene rings is 2. The molecule has 0 unspecified atom stereocenters. The number of rotatable bonds is 7. The zero-order valence-corrected chi connectivity index (χ0v) is 14.8. The van der Waals surface area contributed by atoms with Crippen molar-refractivity contribution in [2.75, 3.05) is 6.26 Å². The molecule has 0 bridgehead atoms. The van der Waals surface area contributed by atoms with E-state index in [2.05, 4.69) is 43.4 Å². The fourth-order valence-corrected chi connectivity index (χ4v) is 3.35. The maximum absolute atomic E-state index is 11.3. The maximum Gasteiger partial charge on any atom is 0.151 e. The van der Waals surface area contributed by atoms with E-state index in [1.807, 2.05) is 30.3 Å². The van der Waals surface area contributed by atoms with E-state index in [1.165, 1.54) is 11.8 Å². The fourth-order valence-electron chi connectivity index (χ4n) is 2.56. The van der Waals surface area contributed by atoms with Gasteiger partial charge in [-0.15, -0.1) is 0 Å². The first-order valence-corrected chi connectivity index (χ1v) is 9.95. The summed E-state index contributed by atoms with van der Waals surface area (Å²) in [5, 5.41) is 3.55. The van der Waals surface area contributed by atoms with Crippen LogP contribution in [0.4, 0.5) is 0 Å². The molecule has 23 heavy (non-hydrogen) atoms. The van der Waals surface area contributed by atoms with Crippen LogP contribution < -0.4 is 5.32 Å². The molecule has 0 fully saturated rings. The SMILES string of the molecule is C[C@H](NCc1ccc(CS(C)(=O)=O)cc1)[C@@H](C)c1ccccc1. The van der Waals surface area contributed by atoms with Crippen molar-refractivity contribution < 1.29 is 8.42 Å². The van der Waals surface area contributed by atoms with Crippen molar-refractivity contribution in [2.45, 2.75) is 38.1 Å². The summed E-state index contributed by atoms with van der Waals surface area (Å²) < 4.78 is 22.6. The molecule has 0 aliphatic carbocycles. The summed E-state index contributed by atoms with van der Waals surface area (Å²) in [5.41, 5.74) is 3.33. The van der Waals surface area contributed by atoms with Crippen molar-refractivity contribution in [3.05, 3.63) is 71.3 Å². The van der Waals surface area contributed by atoms with Gasteiger partial charge in [-0.25, -0.2) is 8.42 Å². The van der Waals surface area contributed by atoms with Crippen LogP contribution in [0.15, 0.2) is 54.6 Å².